The van der Waals surface area contributed by atoms with Crippen molar-refractivity contribution in [1.29, 1.82) is 0 Å². The van der Waals surface area contributed by atoms with E-state index < -0.39 is 0 Å². The van der Waals surface area contributed by atoms with Crippen molar-refractivity contribution in [1.82, 2.24) is 0 Å². The third-order valence-corrected chi connectivity index (χ3v) is 3.31. The Morgan fingerprint density at radius 2 is 1.76 bits per heavy atom. The van der Waals surface area contributed by atoms with E-state index in [1.54, 1.807) is 12.1 Å². The monoisotopic (exact) mass is 226 g/mol. The van der Waals surface area contributed by atoms with Crippen molar-refractivity contribution < 1.29 is 9.18 Å². The van der Waals surface area contributed by atoms with Crippen LogP contribution < -0.4 is 0 Å². The first-order chi connectivity index (χ1) is 8.27. The summed E-state index contributed by atoms with van der Waals surface area (Å²) < 4.78 is 13.6. The Labute approximate surface area is 98.9 Å². The summed E-state index contributed by atoms with van der Waals surface area (Å²) in [5.41, 5.74) is 2.07. The predicted molar refractivity (Wildman–Crippen MR) is 63.6 cm³/mol. The molecule has 0 aliphatic heterocycles. The lowest BCUT2D eigenvalue weighted by Gasteiger charge is -2.07. The largest absolute Gasteiger partial charge is 0.293 e. The normalized spacial score (nSPS) is 18.2. The van der Waals surface area contributed by atoms with Crippen LogP contribution in [0, 0.1) is 5.82 Å². The van der Waals surface area contributed by atoms with Gasteiger partial charge in [0.05, 0.1) is 5.92 Å². The fourth-order valence-corrected chi connectivity index (χ4v) is 2.44. The zero-order valence-corrected chi connectivity index (χ0v) is 9.19. The molecular formula is C15H11FO. The fraction of sp³-hybridized carbons (Fsp3) is 0.133. The van der Waals surface area contributed by atoms with Crippen molar-refractivity contribution in [3.63, 3.8) is 0 Å². The van der Waals surface area contributed by atoms with Crippen LogP contribution in [0.1, 0.15) is 27.4 Å². The molecule has 0 N–H and O–H groups in total. The molecule has 0 bridgehead atoms. The van der Waals surface area contributed by atoms with Crippen LogP contribution in [0.5, 0.6) is 0 Å². The Balaban J connectivity index is 2.05. The Kier molecular flexibility index (Phi) is 2.29. The highest BCUT2D eigenvalue weighted by atomic mass is 19.1. The molecule has 0 aromatic heterocycles. The second-order valence-corrected chi connectivity index (χ2v) is 4.30. The van der Waals surface area contributed by atoms with E-state index in [-0.39, 0.29) is 17.5 Å². The second-order valence-electron chi connectivity index (χ2n) is 4.30. The van der Waals surface area contributed by atoms with Gasteiger partial charge in [0.15, 0.2) is 5.78 Å². The molecule has 0 heterocycles. The van der Waals surface area contributed by atoms with Gasteiger partial charge in [-0.05, 0) is 23.6 Å². The number of ketones is 1. The highest BCUT2D eigenvalue weighted by Crippen LogP contribution is 2.34. The van der Waals surface area contributed by atoms with Crippen molar-refractivity contribution in [2.75, 3.05) is 0 Å². The van der Waals surface area contributed by atoms with Gasteiger partial charge >= 0.3 is 0 Å². The van der Waals surface area contributed by atoms with Gasteiger partial charge in [0.1, 0.15) is 5.82 Å². The zero-order chi connectivity index (χ0) is 11.8. The molecule has 0 saturated heterocycles. The van der Waals surface area contributed by atoms with E-state index in [1.165, 1.54) is 6.07 Å². The van der Waals surface area contributed by atoms with Crippen molar-refractivity contribution in [3.8, 4) is 0 Å². The van der Waals surface area contributed by atoms with Crippen LogP contribution in [0.15, 0.2) is 48.5 Å². The van der Waals surface area contributed by atoms with Crippen LogP contribution in [-0.4, -0.2) is 5.78 Å². The fourth-order valence-electron chi connectivity index (χ4n) is 2.44. The SMILES string of the molecule is O=C1c2cccc(F)c2CC1c1ccccc1. The first kappa shape index (κ1) is 10.2. The number of carbonyl (C=O) groups excluding carboxylic acids is 1. The van der Waals surface area contributed by atoms with Crippen molar-refractivity contribution >= 4 is 5.78 Å². The average Bonchev–Trinajstić information content (AvgIpc) is 2.70. The molecule has 1 nitrogen and oxygen atoms in total. The third kappa shape index (κ3) is 1.57. The predicted octanol–water partition coefficient (Wildman–Crippen LogP) is 3.35. The molecule has 1 unspecified atom stereocenters. The lowest BCUT2D eigenvalue weighted by atomic mass is 9.95. The highest BCUT2D eigenvalue weighted by Gasteiger charge is 2.33. The number of benzene rings is 2. The van der Waals surface area contributed by atoms with Crippen LogP contribution in [0.2, 0.25) is 0 Å². The molecule has 0 spiro atoms. The Hall–Kier alpha value is -1.96. The van der Waals surface area contributed by atoms with Crippen LogP contribution in [0.25, 0.3) is 0 Å². The van der Waals surface area contributed by atoms with Crippen molar-refractivity contribution in [2.45, 2.75) is 12.3 Å². The number of fused-ring (bicyclic) bond motifs is 1. The Bertz CT molecular complexity index is 575. The van der Waals surface area contributed by atoms with Crippen LogP contribution >= 0.6 is 0 Å². The van der Waals surface area contributed by atoms with Gasteiger partial charge in [-0.15, -0.1) is 0 Å². The average molecular weight is 226 g/mol. The number of hydrogen-bond donors (Lipinski definition) is 0. The first-order valence-electron chi connectivity index (χ1n) is 5.64. The van der Waals surface area contributed by atoms with Crippen LogP contribution in [0.3, 0.4) is 0 Å². The molecule has 1 atom stereocenters. The minimum atomic E-state index is -0.269. The maximum Gasteiger partial charge on any atom is 0.171 e. The molecule has 17 heavy (non-hydrogen) atoms. The van der Waals surface area contributed by atoms with E-state index >= 15 is 0 Å². The van der Waals surface area contributed by atoms with Gasteiger partial charge in [0.25, 0.3) is 0 Å². The van der Waals surface area contributed by atoms with Gasteiger partial charge in [-0.2, -0.15) is 0 Å². The summed E-state index contributed by atoms with van der Waals surface area (Å²) in [6.07, 6.45) is 0.477. The van der Waals surface area contributed by atoms with Gasteiger partial charge in [0, 0.05) is 5.56 Å². The molecule has 0 saturated carbocycles. The summed E-state index contributed by atoms with van der Waals surface area (Å²) in [4.78, 5) is 12.2. The molecule has 2 aromatic carbocycles. The van der Waals surface area contributed by atoms with Gasteiger partial charge in [-0.25, -0.2) is 4.39 Å². The minimum absolute atomic E-state index is 0.0331. The molecule has 0 radical (unpaired) electrons. The van der Waals surface area contributed by atoms with Gasteiger partial charge in [0.2, 0.25) is 0 Å². The number of hydrogen-bond acceptors (Lipinski definition) is 1. The smallest absolute Gasteiger partial charge is 0.171 e. The van der Waals surface area contributed by atoms with Crippen molar-refractivity contribution in [3.05, 3.63) is 71.0 Å². The zero-order valence-electron chi connectivity index (χ0n) is 9.19. The summed E-state index contributed by atoms with van der Waals surface area (Å²) >= 11 is 0. The number of carbonyl (C=O) groups is 1. The Morgan fingerprint density at radius 1 is 1.00 bits per heavy atom. The number of halogens is 1. The van der Waals surface area contributed by atoms with E-state index in [0.29, 0.717) is 17.5 Å². The number of rotatable bonds is 1. The maximum atomic E-state index is 13.6. The maximum absolute atomic E-state index is 13.6. The molecule has 2 aromatic rings. The highest BCUT2D eigenvalue weighted by molar-refractivity contribution is 6.05. The molecule has 84 valence electrons. The second kappa shape index (κ2) is 3.81. The van der Waals surface area contributed by atoms with E-state index in [9.17, 15) is 9.18 Å². The number of Topliss-reactive ketones (excluding diaryl/α,β-unsaturated/α-hetero) is 1. The molecule has 0 fully saturated rings. The summed E-state index contributed by atoms with van der Waals surface area (Å²) in [7, 11) is 0. The summed E-state index contributed by atoms with van der Waals surface area (Å²) in [6, 6.07) is 14.3. The molecule has 3 rings (SSSR count). The topological polar surface area (TPSA) is 17.1 Å². The minimum Gasteiger partial charge on any atom is -0.293 e. The van der Waals surface area contributed by atoms with Crippen molar-refractivity contribution in [2.24, 2.45) is 0 Å². The van der Waals surface area contributed by atoms with Gasteiger partial charge in [-0.3, -0.25) is 4.79 Å². The van der Waals surface area contributed by atoms with Crippen LogP contribution in [-0.2, 0) is 6.42 Å². The molecule has 1 aliphatic rings. The summed E-state index contributed by atoms with van der Waals surface area (Å²) in [5.74, 6) is -0.455. The lowest BCUT2D eigenvalue weighted by Crippen LogP contribution is -2.06. The molecule has 1 aliphatic carbocycles. The molecule has 0 amide bonds. The lowest BCUT2D eigenvalue weighted by molar-refractivity contribution is 0.0973. The summed E-state index contributed by atoms with van der Waals surface area (Å²) in [5, 5.41) is 0. The standard InChI is InChI=1S/C15H11FO/c16-14-8-4-7-11-13(14)9-12(15(11)17)10-5-2-1-3-6-10/h1-8,12H,9H2. The van der Waals surface area contributed by atoms with E-state index in [1.807, 2.05) is 30.3 Å². The van der Waals surface area contributed by atoms with E-state index in [4.69, 9.17) is 0 Å². The Morgan fingerprint density at radius 3 is 2.47 bits per heavy atom. The van der Waals surface area contributed by atoms with Crippen LogP contribution in [0.4, 0.5) is 4.39 Å². The van der Waals surface area contributed by atoms with Gasteiger partial charge < -0.3 is 0 Å². The van der Waals surface area contributed by atoms with E-state index in [2.05, 4.69) is 0 Å². The quantitative estimate of drug-likeness (QED) is 0.728. The third-order valence-electron chi connectivity index (χ3n) is 3.31. The van der Waals surface area contributed by atoms with Gasteiger partial charge in [-0.1, -0.05) is 42.5 Å². The first-order valence-corrected chi connectivity index (χ1v) is 5.64. The molecular weight excluding hydrogens is 215 g/mol. The summed E-state index contributed by atoms with van der Waals surface area (Å²) in [6.45, 7) is 0. The van der Waals surface area contributed by atoms with E-state index in [0.717, 1.165) is 5.56 Å². The molecule has 2 heteroatoms.